The number of aryl methyl sites for hydroxylation is 1. The molecule has 3 heteroatoms. The molecule has 1 atom stereocenters. The Hall–Kier alpha value is -0.930. The first kappa shape index (κ1) is 9.16. The Kier molecular flexibility index (Phi) is 2.45. The Morgan fingerprint density at radius 1 is 1.67 bits per heavy atom. The van der Waals surface area contributed by atoms with Crippen LogP contribution >= 0.6 is 0 Å². The van der Waals surface area contributed by atoms with E-state index in [-0.39, 0.29) is 6.61 Å². The normalized spacial score (nSPS) is 15.7. The third-order valence-electron chi connectivity index (χ3n) is 1.95. The lowest BCUT2D eigenvalue weighted by atomic mass is 9.93. The van der Waals surface area contributed by atoms with Crippen LogP contribution in [0.3, 0.4) is 0 Å². The van der Waals surface area contributed by atoms with Gasteiger partial charge >= 0.3 is 0 Å². The first-order chi connectivity index (χ1) is 5.58. The van der Waals surface area contributed by atoms with Gasteiger partial charge in [-0.05, 0) is 25.5 Å². The van der Waals surface area contributed by atoms with Gasteiger partial charge in [0.15, 0.2) is 0 Å². The minimum atomic E-state index is -0.682. The summed E-state index contributed by atoms with van der Waals surface area (Å²) in [4.78, 5) is 4.10. The molecule has 3 nitrogen and oxygen atoms in total. The predicted molar refractivity (Wildman–Crippen MR) is 47.6 cm³/mol. The van der Waals surface area contributed by atoms with E-state index in [1.54, 1.807) is 13.1 Å². The Labute approximate surface area is 72.2 Å². The molecule has 0 amide bonds. The largest absolute Gasteiger partial charge is 0.394 e. The van der Waals surface area contributed by atoms with Gasteiger partial charge in [0.05, 0.1) is 12.1 Å². The number of hydrogen-bond acceptors (Lipinski definition) is 3. The van der Waals surface area contributed by atoms with E-state index < -0.39 is 5.54 Å². The van der Waals surface area contributed by atoms with Gasteiger partial charge in [-0.15, -0.1) is 0 Å². The standard InChI is InChI=1S/C9H14N2O/c1-7-8(4-3-5-11-7)9(2,10)6-12/h3-5,12H,6,10H2,1-2H3/t9-/m1/s1. The lowest BCUT2D eigenvalue weighted by Crippen LogP contribution is -2.37. The molecule has 66 valence electrons. The summed E-state index contributed by atoms with van der Waals surface area (Å²) in [5.74, 6) is 0. The van der Waals surface area contributed by atoms with Crippen molar-refractivity contribution < 1.29 is 5.11 Å². The minimum Gasteiger partial charge on any atom is -0.394 e. The number of pyridine rings is 1. The molecular weight excluding hydrogens is 152 g/mol. The smallest absolute Gasteiger partial charge is 0.0651 e. The molecule has 0 aliphatic rings. The Balaban J connectivity index is 3.10. The van der Waals surface area contributed by atoms with Crippen LogP contribution in [0.15, 0.2) is 18.3 Å². The van der Waals surface area contributed by atoms with Crippen molar-refractivity contribution in [3.05, 3.63) is 29.6 Å². The molecule has 12 heavy (non-hydrogen) atoms. The first-order valence-corrected chi connectivity index (χ1v) is 3.90. The van der Waals surface area contributed by atoms with Gasteiger partial charge in [-0.25, -0.2) is 0 Å². The van der Waals surface area contributed by atoms with Gasteiger partial charge in [-0.3, -0.25) is 4.98 Å². The van der Waals surface area contributed by atoms with Crippen LogP contribution in [0, 0.1) is 6.92 Å². The highest BCUT2D eigenvalue weighted by atomic mass is 16.3. The summed E-state index contributed by atoms with van der Waals surface area (Å²) < 4.78 is 0. The highest BCUT2D eigenvalue weighted by Gasteiger charge is 2.21. The zero-order valence-corrected chi connectivity index (χ0v) is 7.41. The molecule has 0 aromatic carbocycles. The van der Waals surface area contributed by atoms with Crippen LogP contribution in [0.1, 0.15) is 18.2 Å². The Morgan fingerprint density at radius 3 is 2.83 bits per heavy atom. The van der Waals surface area contributed by atoms with Gasteiger partial charge in [-0.1, -0.05) is 6.07 Å². The van der Waals surface area contributed by atoms with Gasteiger partial charge in [0.2, 0.25) is 0 Å². The third-order valence-corrected chi connectivity index (χ3v) is 1.95. The van der Waals surface area contributed by atoms with Crippen molar-refractivity contribution in [3.8, 4) is 0 Å². The van der Waals surface area contributed by atoms with Crippen LogP contribution in [0.25, 0.3) is 0 Å². The van der Waals surface area contributed by atoms with E-state index in [2.05, 4.69) is 4.98 Å². The number of aliphatic hydroxyl groups excluding tert-OH is 1. The van der Waals surface area contributed by atoms with Gasteiger partial charge < -0.3 is 10.8 Å². The summed E-state index contributed by atoms with van der Waals surface area (Å²) in [7, 11) is 0. The number of nitrogens with zero attached hydrogens (tertiary/aromatic N) is 1. The van der Waals surface area contributed by atoms with Crippen LogP contribution in [0.5, 0.6) is 0 Å². The van der Waals surface area contributed by atoms with E-state index >= 15 is 0 Å². The SMILES string of the molecule is Cc1ncccc1[C@](C)(N)CO. The average molecular weight is 166 g/mol. The van der Waals surface area contributed by atoms with Crippen LogP contribution in [0.2, 0.25) is 0 Å². The van der Waals surface area contributed by atoms with Crippen molar-refractivity contribution in [3.63, 3.8) is 0 Å². The quantitative estimate of drug-likeness (QED) is 0.674. The molecule has 1 heterocycles. The topological polar surface area (TPSA) is 59.1 Å². The van der Waals surface area contributed by atoms with E-state index in [1.165, 1.54) is 0 Å². The number of rotatable bonds is 2. The van der Waals surface area contributed by atoms with Crippen LogP contribution in [-0.4, -0.2) is 16.7 Å². The zero-order chi connectivity index (χ0) is 9.19. The van der Waals surface area contributed by atoms with Crippen molar-refractivity contribution >= 4 is 0 Å². The highest BCUT2D eigenvalue weighted by Crippen LogP contribution is 2.18. The first-order valence-electron chi connectivity index (χ1n) is 3.90. The fourth-order valence-corrected chi connectivity index (χ4v) is 1.17. The maximum Gasteiger partial charge on any atom is 0.0651 e. The second kappa shape index (κ2) is 3.21. The monoisotopic (exact) mass is 166 g/mol. The second-order valence-electron chi connectivity index (χ2n) is 3.21. The lowest BCUT2D eigenvalue weighted by molar-refractivity contribution is 0.209. The fourth-order valence-electron chi connectivity index (χ4n) is 1.17. The second-order valence-corrected chi connectivity index (χ2v) is 3.21. The minimum absolute atomic E-state index is 0.0699. The molecule has 0 fully saturated rings. The molecule has 3 N–H and O–H groups in total. The summed E-state index contributed by atoms with van der Waals surface area (Å²) in [6.07, 6.45) is 1.71. The lowest BCUT2D eigenvalue weighted by Gasteiger charge is -2.23. The van der Waals surface area contributed by atoms with E-state index in [1.807, 2.05) is 19.1 Å². The summed E-state index contributed by atoms with van der Waals surface area (Å²) in [5.41, 5.74) is 6.93. The summed E-state index contributed by atoms with van der Waals surface area (Å²) in [6.45, 7) is 3.60. The van der Waals surface area contributed by atoms with Crippen LogP contribution < -0.4 is 5.73 Å². The molecule has 0 aliphatic carbocycles. The summed E-state index contributed by atoms with van der Waals surface area (Å²) in [6, 6.07) is 3.71. The number of aliphatic hydroxyl groups is 1. The zero-order valence-electron chi connectivity index (χ0n) is 7.41. The number of hydrogen-bond donors (Lipinski definition) is 2. The van der Waals surface area contributed by atoms with Crippen molar-refractivity contribution in [2.24, 2.45) is 5.73 Å². The van der Waals surface area contributed by atoms with E-state index in [0.717, 1.165) is 11.3 Å². The summed E-state index contributed by atoms with van der Waals surface area (Å²) in [5, 5.41) is 9.02. The molecule has 0 radical (unpaired) electrons. The van der Waals surface area contributed by atoms with Crippen molar-refractivity contribution in [1.29, 1.82) is 0 Å². The maximum absolute atomic E-state index is 9.02. The fraction of sp³-hybridized carbons (Fsp3) is 0.444. The number of aromatic nitrogens is 1. The molecule has 1 rings (SSSR count). The molecule has 0 saturated heterocycles. The van der Waals surface area contributed by atoms with Gasteiger partial charge in [0.1, 0.15) is 0 Å². The van der Waals surface area contributed by atoms with E-state index in [0.29, 0.717) is 0 Å². The molecule has 0 unspecified atom stereocenters. The van der Waals surface area contributed by atoms with Gasteiger partial charge in [0.25, 0.3) is 0 Å². The Morgan fingerprint density at radius 2 is 2.33 bits per heavy atom. The predicted octanol–water partition coefficient (Wildman–Crippen LogP) is 0.556. The molecule has 0 spiro atoms. The van der Waals surface area contributed by atoms with Crippen molar-refractivity contribution in [2.45, 2.75) is 19.4 Å². The molecule has 0 aliphatic heterocycles. The average Bonchev–Trinajstić information content (AvgIpc) is 2.05. The van der Waals surface area contributed by atoms with Crippen LogP contribution in [0.4, 0.5) is 0 Å². The van der Waals surface area contributed by atoms with Gasteiger partial charge in [-0.2, -0.15) is 0 Å². The summed E-state index contributed by atoms with van der Waals surface area (Å²) >= 11 is 0. The molecule has 0 saturated carbocycles. The molecule has 1 aromatic heterocycles. The van der Waals surface area contributed by atoms with Gasteiger partial charge in [0, 0.05) is 11.9 Å². The van der Waals surface area contributed by atoms with Crippen LogP contribution in [-0.2, 0) is 5.54 Å². The molecule has 0 bridgehead atoms. The number of nitrogens with two attached hydrogens (primary N) is 1. The molecular formula is C9H14N2O. The van der Waals surface area contributed by atoms with E-state index in [4.69, 9.17) is 10.8 Å². The molecule has 1 aromatic rings. The van der Waals surface area contributed by atoms with E-state index in [9.17, 15) is 0 Å². The highest BCUT2D eigenvalue weighted by molar-refractivity contribution is 5.26. The third kappa shape index (κ3) is 1.62. The Bertz CT molecular complexity index is 271. The maximum atomic E-state index is 9.02. The van der Waals surface area contributed by atoms with Crippen molar-refractivity contribution in [1.82, 2.24) is 4.98 Å². The van der Waals surface area contributed by atoms with Crippen molar-refractivity contribution in [2.75, 3.05) is 6.61 Å².